The molecule has 1 amide bonds. The molecule has 0 saturated heterocycles. The number of benzene rings is 2. The van der Waals surface area contributed by atoms with Gasteiger partial charge in [-0.25, -0.2) is 4.79 Å². The van der Waals surface area contributed by atoms with E-state index in [0.29, 0.717) is 11.3 Å². The zero-order valence-corrected chi connectivity index (χ0v) is 14.6. The van der Waals surface area contributed by atoms with Crippen LogP contribution in [0.2, 0.25) is 0 Å². The number of hydrogen-bond donors (Lipinski definition) is 3. The summed E-state index contributed by atoms with van der Waals surface area (Å²) in [4.78, 5) is 34.0. The fraction of sp³-hybridized carbons (Fsp3) is 0.105. The first kappa shape index (κ1) is 19.5. The molecule has 0 aromatic heterocycles. The smallest absolute Gasteiger partial charge is 0.335 e. The first-order chi connectivity index (χ1) is 12.8. The van der Waals surface area contributed by atoms with Crippen LogP contribution in [0, 0.1) is 0 Å². The van der Waals surface area contributed by atoms with Gasteiger partial charge in [0.25, 0.3) is 0 Å². The molecule has 0 aliphatic carbocycles. The normalized spacial score (nSPS) is 10.4. The maximum Gasteiger partial charge on any atom is 0.335 e. The van der Waals surface area contributed by atoms with Crippen LogP contribution in [0.5, 0.6) is 17.2 Å². The number of anilines is 1. The fourth-order valence-electron chi connectivity index (χ4n) is 2.14. The fourth-order valence-corrected chi connectivity index (χ4v) is 2.14. The van der Waals surface area contributed by atoms with E-state index in [1.165, 1.54) is 44.4 Å². The van der Waals surface area contributed by atoms with Gasteiger partial charge in [-0.15, -0.1) is 0 Å². The summed E-state index contributed by atoms with van der Waals surface area (Å²) in [5, 5.41) is 21.1. The van der Waals surface area contributed by atoms with E-state index in [9.17, 15) is 19.5 Å². The van der Waals surface area contributed by atoms with Gasteiger partial charge < -0.3 is 25.0 Å². The highest BCUT2D eigenvalue weighted by Crippen LogP contribution is 2.29. The van der Waals surface area contributed by atoms with E-state index in [-0.39, 0.29) is 22.7 Å². The molecule has 140 valence electrons. The Bertz CT molecular complexity index is 918. The van der Waals surface area contributed by atoms with Gasteiger partial charge in [-0.3, -0.25) is 9.59 Å². The summed E-state index contributed by atoms with van der Waals surface area (Å²) in [5.74, 6) is -1.92. The zero-order chi connectivity index (χ0) is 20.0. The van der Waals surface area contributed by atoms with Crippen molar-refractivity contribution in [2.45, 2.75) is 6.92 Å². The van der Waals surface area contributed by atoms with Crippen molar-refractivity contribution in [1.29, 1.82) is 0 Å². The molecule has 0 fully saturated rings. The van der Waals surface area contributed by atoms with Crippen LogP contribution in [0.15, 0.2) is 42.5 Å². The highest BCUT2D eigenvalue weighted by molar-refractivity contribution is 6.03. The number of ether oxygens (including phenoxy) is 2. The highest BCUT2D eigenvalue weighted by atomic mass is 16.6. The number of aromatic hydroxyl groups is 1. The molecule has 0 atom stereocenters. The van der Waals surface area contributed by atoms with Crippen LogP contribution in [0.3, 0.4) is 0 Å². The highest BCUT2D eigenvalue weighted by Gasteiger charge is 2.10. The van der Waals surface area contributed by atoms with E-state index in [4.69, 9.17) is 14.6 Å². The number of phenols is 1. The number of methoxy groups -OCH3 is 1. The number of rotatable bonds is 6. The summed E-state index contributed by atoms with van der Waals surface area (Å²) in [5.41, 5.74) is 0.506. The Kier molecular flexibility index (Phi) is 6.16. The van der Waals surface area contributed by atoms with Crippen LogP contribution in [0.25, 0.3) is 6.08 Å². The second-order valence-electron chi connectivity index (χ2n) is 5.36. The third kappa shape index (κ3) is 5.33. The molecule has 0 radical (unpaired) electrons. The monoisotopic (exact) mass is 371 g/mol. The quantitative estimate of drug-likeness (QED) is 0.309. The number of aromatic carboxylic acids is 1. The zero-order valence-electron chi connectivity index (χ0n) is 14.6. The molecule has 0 saturated carbocycles. The van der Waals surface area contributed by atoms with Gasteiger partial charge >= 0.3 is 11.9 Å². The second-order valence-corrected chi connectivity index (χ2v) is 5.36. The summed E-state index contributed by atoms with van der Waals surface area (Å²) in [6, 6.07) is 8.28. The number of carboxylic acid groups (broad SMARTS) is 1. The summed E-state index contributed by atoms with van der Waals surface area (Å²) >= 11 is 0. The lowest BCUT2D eigenvalue weighted by Gasteiger charge is -2.08. The van der Waals surface area contributed by atoms with Crippen molar-refractivity contribution < 1.29 is 34.1 Å². The Hall–Kier alpha value is -3.81. The Morgan fingerprint density at radius 1 is 1.07 bits per heavy atom. The molecule has 27 heavy (non-hydrogen) atoms. The summed E-state index contributed by atoms with van der Waals surface area (Å²) < 4.78 is 10.1. The predicted molar refractivity (Wildman–Crippen MR) is 97.0 cm³/mol. The van der Waals surface area contributed by atoms with Gasteiger partial charge in [0, 0.05) is 13.0 Å². The molecule has 0 spiro atoms. The number of amides is 1. The average Bonchev–Trinajstić information content (AvgIpc) is 2.62. The average molecular weight is 371 g/mol. The first-order valence-electron chi connectivity index (χ1n) is 7.72. The molecule has 0 aliphatic rings. The molecule has 2 aromatic rings. The van der Waals surface area contributed by atoms with E-state index < -0.39 is 17.8 Å². The van der Waals surface area contributed by atoms with Crippen molar-refractivity contribution in [1.82, 2.24) is 0 Å². The minimum absolute atomic E-state index is 0.0210. The number of nitrogens with one attached hydrogen (secondary N) is 1. The van der Waals surface area contributed by atoms with Crippen molar-refractivity contribution in [2.75, 3.05) is 12.4 Å². The maximum absolute atomic E-state index is 12.0. The van der Waals surface area contributed by atoms with Crippen molar-refractivity contribution in [2.24, 2.45) is 0 Å². The molecule has 8 heteroatoms. The van der Waals surface area contributed by atoms with E-state index in [1.807, 2.05) is 0 Å². The van der Waals surface area contributed by atoms with Gasteiger partial charge in [-0.05, 0) is 42.0 Å². The van der Waals surface area contributed by atoms with Crippen LogP contribution in [-0.4, -0.2) is 35.2 Å². The van der Waals surface area contributed by atoms with Crippen molar-refractivity contribution in [3.05, 3.63) is 53.6 Å². The standard InChI is InChI=1S/C19H17NO7/c1-11(21)27-16-7-3-12(9-17(16)26-2)4-8-18(23)20-14-10-13(19(24)25)5-6-15(14)22/h3-10,22H,1-2H3,(H,20,23)(H,24,25)/b8-4+. The molecule has 0 heterocycles. The van der Waals surface area contributed by atoms with Gasteiger partial charge in [0.2, 0.25) is 5.91 Å². The lowest BCUT2D eigenvalue weighted by molar-refractivity contribution is -0.132. The number of carbonyl (C=O) groups is 3. The third-order valence-electron chi connectivity index (χ3n) is 3.37. The third-order valence-corrected chi connectivity index (χ3v) is 3.37. The first-order valence-corrected chi connectivity index (χ1v) is 7.72. The van der Waals surface area contributed by atoms with Gasteiger partial charge in [0.1, 0.15) is 5.75 Å². The number of carbonyl (C=O) groups excluding carboxylic acids is 2. The van der Waals surface area contributed by atoms with Crippen LogP contribution in [-0.2, 0) is 9.59 Å². The van der Waals surface area contributed by atoms with Crippen molar-refractivity contribution in [3.63, 3.8) is 0 Å². The number of hydrogen-bond acceptors (Lipinski definition) is 6. The molecule has 8 nitrogen and oxygen atoms in total. The SMILES string of the molecule is COc1cc(/C=C/C(=O)Nc2cc(C(=O)O)ccc2O)ccc1OC(C)=O. The molecule has 0 bridgehead atoms. The lowest BCUT2D eigenvalue weighted by atomic mass is 10.1. The Balaban J connectivity index is 2.14. The number of phenolic OH excluding ortho intramolecular Hbond substituents is 1. The summed E-state index contributed by atoms with van der Waals surface area (Å²) in [7, 11) is 1.42. The number of esters is 1. The Morgan fingerprint density at radius 3 is 2.44 bits per heavy atom. The van der Waals surface area contributed by atoms with Gasteiger partial charge in [-0.1, -0.05) is 6.07 Å². The molecule has 2 aromatic carbocycles. The Morgan fingerprint density at radius 2 is 1.81 bits per heavy atom. The van der Waals surface area contributed by atoms with E-state index in [2.05, 4.69) is 5.32 Å². The lowest BCUT2D eigenvalue weighted by Crippen LogP contribution is -2.09. The number of carboxylic acids is 1. The summed E-state index contributed by atoms with van der Waals surface area (Å²) in [6.45, 7) is 1.27. The van der Waals surface area contributed by atoms with Crippen LogP contribution >= 0.6 is 0 Å². The van der Waals surface area contributed by atoms with Crippen molar-refractivity contribution >= 4 is 29.6 Å². The van der Waals surface area contributed by atoms with Crippen LogP contribution < -0.4 is 14.8 Å². The van der Waals surface area contributed by atoms with Crippen LogP contribution in [0.1, 0.15) is 22.8 Å². The van der Waals surface area contributed by atoms with Gasteiger partial charge in [-0.2, -0.15) is 0 Å². The Labute approximate surface area is 154 Å². The second kappa shape index (κ2) is 8.52. The summed E-state index contributed by atoms with van der Waals surface area (Å²) in [6.07, 6.45) is 2.68. The molecular formula is C19H17NO7. The minimum atomic E-state index is -1.18. The molecule has 2 rings (SSSR count). The maximum atomic E-state index is 12.0. The van der Waals surface area contributed by atoms with E-state index in [1.54, 1.807) is 12.1 Å². The van der Waals surface area contributed by atoms with Gasteiger partial charge in [0.05, 0.1) is 18.4 Å². The molecule has 3 N–H and O–H groups in total. The van der Waals surface area contributed by atoms with Crippen molar-refractivity contribution in [3.8, 4) is 17.2 Å². The van der Waals surface area contributed by atoms with Crippen LogP contribution in [0.4, 0.5) is 5.69 Å². The van der Waals surface area contributed by atoms with E-state index >= 15 is 0 Å². The predicted octanol–water partition coefficient (Wildman–Crippen LogP) is 2.68. The molecular weight excluding hydrogens is 354 g/mol. The molecule has 0 aliphatic heterocycles. The van der Waals surface area contributed by atoms with E-state index in [0.717, 1.165) is 6.07 Å². The topological polar surface area (TPSA) is 122 Å². The van der Waals surface area contributed by atoms with Gasteiger partial charge in [0.15, 0.2) is 11.5 Å². The largest absolute Gasteiger partial charge is 0.506 e. The molecule has 0 unspecified atom stereocenters. The minimum Gasteiger partial charge on any atom is -0.506 e.